The molecule has 1 aliphatic carbocycles. The second-order valence-corrected chi connectivity index (χ2v) is 7.55. The normalized spacial score (nSPS) is 35.5. The van der Waals surface area contributed by atoms with E-state index in [1.54, 1.807) is 0 Å². The number of rotatable bonds is 3. The van der Waals surface area contributed by atoms with Crippen LogP contribution in [0.5, 0.6) is 0 Å². The largest absolute Gasteiger partial charge is 0.389 e. The van der Waals surface area contributed by atoms with Crippen LogP contribution in [-0.4, -0.2) is 59.3 Å². The lowest BCUT2D eigenvalue weighted by Gasteiger charge is -2.44. The van der Waals surface area contributed by atoms with Gasteiger partial charge in [0.05, 0.1) is 5.60 Å². The van der Waals surface area contributed by atoms with Crippen molar-refractivity contribution in [2.45, 2.75) is 58.6 Å². The van der Waals surface area contributed by atoms with E-state index in [1.807, 2.05) is 13.8 Å². The first-order valence-corrected chi connectivity index (χ1v) is 8.04. The Bertz CT molecular complexity index is 279. The van der Waals surface area contributed by atoms with E-state index in [0.29, 0.717) is 0 Å². The van der Waals surface area contributed by atoms with E-state index in [2.05, 4.69) is 23.6 Å². The molecule has 0 aromatic carbocycles. The smallest absolute Gasteiger partial charge is 0.0718 e. The van der Waals surface area contributed by atoms with Crippen molar-refractivity contribution < 1.29 is 5.11 Å². The predicted molar refractivity (Wildman–Crippen MR) is 80.3 cm³/mol. The van der Waals surface area contributed by atoms with Crippen molar-refractivity contribution in [2.24, 2.45) is 11.8 Å². The molecule has 2 rings (SSSR count). The monoisotopic (exact) mass is 268 g/mol. The zero-order chi connectivity index (χ0) is 14.0. The summed E-state index contributed by atoms with van der Waals surface area (Å²) in [6.07, 6.45) is 4.17. The Morgan fingerprint density at radius 3 is 2.16 bits per heavy atom. The Morgan fingerprint density at radius 2 is 1.63 bits per heavy atom. The molecule has 2 fully saturated rings. The van der Waals surface area contributed by atoms with Crippen LogP contribution in [0.1, 0.15) is 47.0 Å². The SMILES string of the molecule is CC1CCC(N2CCN(CC(C)(C)O)CC2)CC1C. The van der Waals surface area contributed by atoms with Gasteiger partial charge in [-0.05, 0) is 44.9 Å². The molecule has 112 valence electrons. The average Bonchev–Trinajstić information content (AvgIpc) is 2.32. The van der Waals surface area contributed by atoms with Gasteiger partial charge in [0.2, 0.25) is 0 Å². The van der Waals surface area contributed by atoms with Gasteiger partial charge in [-0.15, -0.1) is 0 Å². The second-order valence-electron chi connectivity index (χ2n) is 7.55. The molecule has 1 N–H and O–H groups in total. The van der Waals surface area contributed by atoms with Crippen molar-refractivity contribution in [3.05, 3.63) is 0 Å². The standard InChI is InChI=1S/C16H32N2O/c1-13-5-6-15(11-14(13)2)18-9-7-17(8-10-18)12-16(3,4)19/h13-15,19H,5-12H2,1-4H3. The molecule has 1 heterocycles. The van der Waals surface area contributed by atoms with E-state index >= 15 is 0 Å². The molecule has 3 atom stereocenters. The van der Waals surface area contributed by atoms with Gasteiger partial charge in [0.15, 0.2) is 0 Å². The van der Waals surface area contributed by atoms with Gasteiger partial charge in [0.1, 0.15) is 0 Å². The molecule has 2 aliphatic rings. The van der Waals surface area contributed by atoms with Crippen molar-refractivity contribution in [3.8, 4) is 0 Å². The predicted octanol–water partition coefficient (Wildman–Crippen LogP) is 2.20. The van der Waals surface area contributed by atoms with Crippen LogP contribution < -0.4 is 0 Å². The van der Waals surface area contributed by atoms with Crippen molar-refractivity contribution >= 4 is 0 Å². The molecule has 0 bridgehead atoms. The topological polar surface area (TPSA) is 26.7 Å². The Kier molecular flexibility index (Phi) is 4.91. The molecule has 0 spiro atoms. The summed E-state index contributed by atoms with van der Waals surface area (Å²) in [7, 11) is 0. The minimum absolute atomic E-state index is 0.559. The highest BCUT2D eigenvalue weighted by molar-refractivity contribution is 4.86. The molecule has 0 amide bonds. The van der Waals surface area contributed by atoms with Gasteiger partial charge in [-0.25, -0.2) is 0 Å². The molecule has 1 saturated carbocycles. The molecule has 0 radical (unpaired) electrons. The van der Waals surface area contributed by atoms with E-state index in [1.165, 1.54) is 32.4 Å². The maximum atomic E-state index is 9.89. The summed E-state index contributed by atoms with van der Waals surface area (Å²) < 4.78 is 0. The third-order valence-electron chi connectivity index (χ3n) is 5.10. The summed E-state index contributed by atoms with van der Waals surface area (Å²) >= 11 is 0. The van der Waals surface area contributed by atoms with Gasteiger partial charge < -0.3 is 5.11 Å². The Labute approximate surface area is 119 Å². The highest BCUT2D eigenvalue weighted by atomic mass is 16.3. The summed E-state index contributed by atoms with van der Waals surface area (Å²) in [4.78, 5) is 5.11. The quantitative estimate of drug-likeness (QED) is 0.850. The van der Waals surface area contributed by atoms with Crippen molar-refractivity contribution in [1.29, 1.82) is 0 Å². The lowest BCUT2D eigenvalue weighted by atomic mass is 9.78. The van der Waals surface area contributed by atoms with E-state index in [0.717, 1.165) is 37.5 Å². The fraction of sp³-hybridized carbons (Fsp3) is 1.00. The van der Waals surface area contributed by atoms with Crippen LogP contribution in [0, 0.1) is 11.8 Å². The molecule has 1 aliphatic heterocycles. The van der Waals surface area contributed by atoms with Gasteiger partial charge in [-0.3, -0.25) is 9.80 Å². The third kappa shape index (κ3) is 4.44. The van der Waals surface area contributed by atoms with Crippen molar-refractivity contribution in [2.75, 3.05) is 32.7 Å². The number of hydrogen-bond acceptors (Lipinski definition) is 3. The summed E-state index contributed by atoms with van der Waals surface area (Å²) in [5.74, 6) is 1.79. The van der Waals surface area contributed by atoms with E-state index < -0.39 is 5.60 Å². The maximum absolute atomic E-state index is 9.89. The summed E-state index contributed by atoms with van der Waals surface area (Å²) in [6.45, 7) is 14.0. The Morgan fingerprint density at radius 1 is 1.00 bits per heavy atom. The first kappa shape index (κ1) is 15.3. The first-order chi connectivity index (χ1) is 8.85. The summed E-state index contributed by atoms with van der Waals surface area (Å²) in [5.41, 5.74) is -0.559. The fourth-order valence-electron chi connectivity index (χ4n) is 3.68. The minimum atomic E-state index is -0.559. The van der Waals surface area contributed by atoms with Crippen molar-refractivity contribution in [3.63, 3.8) is 0 Å². The molecule has 3 heteroatoms. The Balaban J connectivity index is 1.77. The lowest BCUT2D eigenvalue weighted by Crippen LogP contribution is -2.54. The average molecular weight is 268 g/mol. The molecule has 0 aromatic heterocycles. The van der Waals surface area contributed by atoms with Crippen LogP contribution in [-0.2, 0) is 0 Å². The highest BCUT2D eigenvalue weighted by Gasteiger charge is 2.31. The van der Waals surface area contributed by atoms with Gasteiger partial charge in [-0.1, -0.05) is 13.8 Å². The van der Waals surface area contributed by atoms with Crippen LogP contribution >= 0.6 is 0 Å². The zero-order valence-electron chi connectivity index (χ0n) is 13.2. The fourth-order valence-corrected chi connectivity index (χ4v) is 3.68. The second kappa shape index (κ2) is 6.11. The van der Waals surface area contributed by atoms with E-state index in [4.69, 9.17) is 0 Å². The van der Waals surface area contributed by atoms with Crippen molar-refractivity contribution in [1.82, 2.24) is 9.80 Å². The molecular weight excluding hydrogens is 236 g/mol. The van der Waals surface area contributed by atoms with Gasteiger partial charge in [0.25, 0.3) is 0 Å². The summed E-state index contributed by atoms with van der Waals surface area (Å²) in [6, 6.07) is 0.815. The Hall–Kier alpha value is -0.120. The van der Waals surface area contributed by atoms with Crippen LogP contribution in [0.25, 0.3) is 0 Å². The summed E-state index contributed by atoms with van der Waals surface area (Å²) in [5, 5.41) is 9.89. The van der Waals surface area contributed by atoms with Gasteiger partial charge in [0, 0.05) is 38.8 Å². The van der Waals surface area contributed by atoms with Crippen LogP contribution in [0.4, 0.5) is 0 Å². The van der Waals surface area contributed by atoms with E-state index in [9.17, 15) is 5.11 Å². The first-order valence-electron chi connectivity index (χ1n) is 8.04. The molecule has 0 aromatic rings. The number of hydrogen-bond donors (Lipinski definition) is 1. The van der Waals surface area contributed by atoms with Gasteiger partial charge >= 0.3 is 0 Å². The molecule has 3 nitrogen and oxygen atoms in total. The van der Waals surface area contributed by atoms with Crippen LogP contribution in [0.3, 0.4) is 0 Å². The highest BCUT2D eigenvalue weighted by Crippen LogP contribution is 2.32. The maximum Gasteiger partial charge on any atom is 0.0718 e. The van der Waals surface area contributed by atoms with Crippen LogP contribution in [0.2, 0.25) is 0 Å². The zero-order valence-corrected chi connectivity index (χ0v) is 13.2. The minimum Gasteiger partial charge on any atom is -0.389 e. The van der Waals surface area contributed by atoms with Crippen LogP contribution in [0.15, 0.2) is 0 Å². The number of nitrogens with zero attached hydrogens (tertiary/aromatic N) is 2. The molecule has 1 saturated heterocycles. The lowest BCUT2D eigenvalue weighted by molar-refractivity contribution is 0.00293. The van der Waals surface area contributed by atoms with E-state index in [-0.39, 0.29) is 0 Å². The third-order valence-corrected chi connectivity index (χ3v) is 5.10. The molecule has 19 heavy (non-hydrogen) atoms. The molecule has 3 unspecified atom stereocenters. The number of β-amino-alcohol motifs (C(OH)–C–C–N with tert-alkyl or cyclic N) is 1. The number of piperazine rings is 1. The number of aliphatic hydroxyl groups is 1. The molecular formula is C16H32N2O. The van der Waals surface area contributed by atoms with Gasteiger partial charge in [-0.2, -0.15) is 0 Å².